The van der Waals surface area contributed by atoms with Crippen LogP contribution in [0.1, 0.15) is 47.5 Å². The van der Waals surface area contributed by atoms with Crippen LogP contribution < -0.4 is 0 Å². The van der Waals surface area contributed by atoms with Gasteiger partial charge >= 0.3 is 11.9 Å². The van der Waals surface area contributed by atoms with E-state index in [-0.39, 0.29) is 5.92 Å². The van der Waals surface area contributed by atoms with E-state index in [9.17, 15) is 19.8 Å². The minimum Gasteiger partial charge on any atom is -0.481 e. The zero-order chi connectivity index (χ0) is 13.1. The fourth-order valence-corrected chi connectivity index (χ4v) is 2.51. The lowest BCUT2D eigenvalue weighted by Gasteiger charge is -2.44. The third-order valence-electron chi connectivity index (χ3n) is 4.21. The Morgan fingerprint density at radius 1 is 1.06 bits per heavy atom. The Labute approximate surface area is 96.7 Å². The first-order valence-electron chi connectivity index (χ1n) is 5.67. The van der Waals surface area contributed by atoms with E-state index in [0.717, 1.165) is 0 Å². The first-order chi connectivity index (χ1) is 7.20. The third kappa shape index (κ3) is 1.81. The molecule has 0 fully saturated rings. The lowest BCUT2D eigenvalue weighted by Crippen LogP contribution is -2.53. The predicted octanol–water partition coefficient (Wildman–Crippen LogP) is 2.62. The van der Waals surface area contributed by atoms with E-state index in [4.69, 9.17) is 0 Å². The van der Waals surface area contributed by atoms with Crippen molar-refractivity contribution in [2.75, 3.05) is 0 Å². The summed E-state index contributed by atoms with van der Waals surface area (Å²) < 4.78 is 0. The van der Waals surface area contributed by atoms with Crippen molar-refractivity contribution >= 4 is 11.9 Å². The largest absolute Gasteiger partial charge is 0.481 e. The highest BCUT2D eigenvalue weighted by molar-refractivity contribution is 5.86. The average molecular weight is 230 g/mol. The Morgan fingerprint density at radius 2 is 1.44 bits per heavy atom. The molecule has 0 radical (unpaired) electrons. The van der Waals surface area contributed by atoms with Gasteiger partial charge in [0.05, 0.1) is 10.8 Å². The molecule has 0 aromatic carbocycles. The molecule has 4 nitrogen and oxygen atoms in total. The second kappa shape index (κ2) is 4.85. The molecule has 2 N–H and O–H groups in total. The Balaban J connectivity index is 5.81. The summed E-state index contributed by atoms with van der Waals surface area (Å²) in [6.07, 6.45) is 0.639. The van der Waals surface area contributed by atoms with Crippen molar-refractivity contribution in [3.63, 3.8) is 0 Å². The maximum atomic E-state index is 11.5. The number of aliphatic carboxylic acids is 2. The minimum atomic E-state index is -1.25. The molecule has 4 heteroatoms. The fraction of sp³-hybridized carbons (Fsp3) is 0.833. The highest BCUT2D eigenvalue weighted by Gasteiger charge is 2.57. The van der Waals surface area contributed by atoms with Crippen LogP contribution in [0, 0.1) is 16.7 Å². The average Bonchev–Trinajstić information content (AvgIpc) is 2.18. The fourth-order valence-electron chi connectivity index (χ4n) is 2.51. The molecule has 0 aliphatic rings. The molecule has 0 saturated heterocycles. The van der Waals surface area contributed by atoms with Crippen LogP contribution in [0.25, 0.3) is 0 Å². The quantitative estimate of drug-likeness (QED) is 0.735. The van der Waals surface area contributed by atoms with Crippen LogP contribution >= 0.6 is 0 Å². The van der Waals surface area contributed by atoms with E-state index >= 15 is 0 Å². The van der Waals surface area contributed by atoms with E-state index in [0.29, 0.717) is 12.8 Å². The van der Waals surface area contributed by atoms with Crippen molar-refractivity contribution in [3.8, 4) is 0 Å². The Hall–Kier alpha value is -1.06. The van der Waals surface area contributed by atoms with Crippen LogP contribution in [0.5, 0.6) is 0 Å². The lowest BCUT2D eigenvalue weighted by atomic mass is 9.56. The highest BCUT2D eigenvalue weighted by atomic mass is 16.4. The summed E-state index contributed by atoms with van der Waals surface area (Å²) in [5, 5.41) is 18.8. The van der Waals surface area contributed by atoms with Gasteiger partial charge in [-0.05, 0) is 25.7 Å². The molecule has 0 aromatic rings. The maximum Gasteiger partial charge on any atom is 0.310 e. The summed E-state index contributed by atoms with van der Waals surface area (Å²) >= 11 is 0. The summed E-state index contributed by atoms with van der Waals surface area (Å²) in [5.41, 5.74) is -2.45. The van der Waals surface area contributed by atoms with E-state index in [1.54, 1.807) is 34.6 Å². The van der Waals surface area contributed by atoms with Gasteiger partial charge in [0, 0.05) is 0 Å². The van der Waals surface area contributed by atoms with Crippen LogP contribution in [0.3, 0.4) is 0 Å². The lowest BCUT2D eigenvalue weighted by molar-refractivity contribution is -0.178. The molecule has 0 aliphatic carbocycles. The maximum absolute atomic E-state index is 11.5. The Bertz CT molecular complexity index is 265. The van der Waals surface area contributed by atoms with Gasteiger partial charge in [-0.15, -0.1) is 0 Å². The van der Waals surface area contributed by atoms with Crippen molar-refractivity contribution in [2.45, 2.75) is 47.5 Å². The van der Waals surface area contributed by atoms with E-state index in [1.807, 2.05) is 0 Å². The normalized spacial score (nSPS) is 15.9. The first-order valence-corrected chi connectivity index (χ1v) is 5.67. The Kier molecular flexibility index (Phi) is 4.53. The number of carboxylic acids is 2. The topological polar surface area (TPSA) is 74.6 Å². The molecule has 1 unspecified atom stereocenters. The molecule has 0 saturated carbocycles. The molecule has 0 aromatic heterocycles. The first kappa shape index (κ1) is 14.9. The minimum absolute atomic E-state index is 0.235. The SMILES string of the molecule is CCC(CC)(C(=O)O)C(C)(C(=O)O)C(C)C. The summed E-state index contributed by atoms with van der Waals surface area (Å²) in [5.74, 6) is -2.29. The van der Waals surface area contributed by atoms with Gasteiger partial charge in [-0.1, -0.05) is 27.7 Å². The van der Waals surface area contributed by atoms with E-state index in [1.165, 1.54) is 0 Å². The monoisotopic (exact) mass is 230 g/mol. The van der Waals surface area contributed by atoms with E-state index < -0.39 is 22.8 Å². The van der Waals surface area contributed by atoms with Crippen molar-refractivity contribution in [1.29, 1.82) is 0 Å². The number of carbonyl (C=O) groups is 2. The Morgan fingerprint density at radius 3 is 1.50 bits per heavy atom. The molecule has 0 aliphatic heterocycles. The molecule has 0 spiro atoms. The van der Waals surface area contributed by atoms with Gasteiger partial charge in [-0.3, -0.25) is 9.59 Å². The highest BCUT2D eigenvalue weighted by Crippen LogP contribution is 2.50. The van der Waals surface area contributed by atoms with Crippen molar-refractivity contribution in [1.82, 2.24) is 0 Å². The van der Waals surface area contributed by atoms with Crippen LogP contribution in [0.15, 0.2) is 0 Å². The summed E-state index contributed by atoms with van der Waals surface area (Å²) in [4.78, 5) is 22.9. The zero-order valence-electron chi connectivity index (χ0n) is 10.7. The zero-order valence-corrected chi connectivity index (χ0v) is 10.7. The van der Waals surface area contributed by atoms with Gasteiger partial charge in [0.25, 0.3) is 0 Å². The van der Waals surface area contributed by atoms with Crippen LogP contribution in [0.2, 0.25) is 0 Å². The molecular formula is C12H22O4. The van der Waals surface area contributed by atoms with Gasteiger partial charge in [0.15, 0.2) is 0 Å². The number of rotatable bonds is 6. The van der Waals surface area contributed by atoms with Gasteiger partial charge in [0.1, 0.15) is 0 Å². The molecular weight excluding hydrogens is 208 g/mol. The number of carboxylic acid groups (broad SMARTS) is 2. The molecule has 0 heterocycles. The summed E-state index contributed by atoms with van der Waals surface area (Å²) in [6.45, 7) is 8.54. The summed E-state index contributed by atoms with van der Waals surface area (Å²) in [6, 6.07) is 0. The van der Waals surface area contributed by atoms with Crippen LogP contribution in [-0.2, 0) is 9.59 Å². The van der Waals surface area contributed by atoms with Crippen molar-refractivity contribution < 1.29 is 19.8 Å². The standard InChI is InChI=1S/C12H22O4/c1-6-12(7-2,10(15)16)11(5,8(3)4)9(13)14/h8H,6-7H2,1-5H3,(H,13,14)(H,15,16). The number of hydrogen-bond donors (Lipinski definition) is 2. The predicted molar refractivity (Wildman–Crippen MR) is 61.2 cm³/mol. The molecule has 94 valence electrons. The van der Waals surface area contributed by atoms with Crippen LogP contribution in [0.4, 0.5) is 0 Å². The number of hydrogen-bond acceptors (Lipinski definition) is 2. The van der Waals surface area contributed by atoms with Gasteiger partial charge in [-0.25, -0.2) is 0 Å². The van der Waals surface area contributed by atoms with E-state index in [2.05, 4.69) is 0 Å². The van der Waals surface area contributed by atoms with Crippen molar-refractivity contribution in [3.05, 3.63) is 0 Å². The molecule has 1 atom stereocenters. The second-order valence-electron chi connectivity index (χ2n) is 4.76. The van der Waals surface area contributed by atoms with Gasteiger partial charge < -0.3 is 10.2 Å². The second-order valence-corrected chi connectivity index (χ2v) is 4.76. The van der Waals surface area contributed by atoms with Gasteiger partial charge in [-0.2, -0.15) is 0 Å². The molecule has 0 rings (SSSR count). The van der Waals surface area contributed by atoms with Crippen molar-refractivity contribution in [2.24, 2.45) is 16.7 Å². The molecule has 16 heavy (non-hydrogen) atoms. The third-order valence-corrected chi connectivity index (χ3v) is 4.21. The molecule has 0 amide bonds. The summed E-state index contributed by atoms with van der Waals surface area (Å²) in [7, 11) is 0. The van der Waals surface area contributed by atoms with Crippen LogP contribution in [-0.4, -0.2) is 22.2 Å². The van der Waals surface area contributed by atoms with Gasteiger partial charge in [0.2, 0.25) is 0 Å². The smallest absolute Gasteiger partial charge is 0.310 e. The molecule has 0 bridgehead atoms.